The third-order valence-electron chi connectivity index (χ3n) is 1.96. The number of methoxy groups -OCH3 is 1. The van der Waals surface area contributed by atoms with Gasteiger partial charge in [0.25, 0.3) is 0 Å². The Morgan fingerprint density at radius 1 is 1.57 bits per heavy atom. The van der Waals surface area contributed by atoms with Crippen LogP contribution in [0.5, 0.6) is 5.75 Å². The number of carbonyl (C=O) groups is 1. The first-order chi connectivity index (χ1) is 6.69. The van der Waals surface area contributed by atoms with Crippen molar-refractivity contribution in [2.75, 3.05) is 7.11 Å². The van der Waals surface area contributed by atoms with Crippen LogP contribution in [0.25, 0.3) is 0 Å². The number of nitriles is 1. The molecule has 1 rings (SSSR count). The Morgan fingerprint density at radius 3 is 2.79 bits per heavy atom. The highest BCUT2D eigenvalue weighted by atomic mass is 16.5. The van der Waals surface area contributed by atoms with Gasteiger partial charge in [-0.1, -0.05) is 12.1 Å². The van der Waals surface area contributed by atoms with Gasteiger partial charge in [-0.3, -0.25) is 4.79 Å². The van der Waals surface area contributed by atoms with Crippen molar-refractivity contribution in [1.29, 1.82) is 5.26 Å². The molecule has 0 aliphatic heterocycles. The maximum absolute atomic E-state index is 11.1. The summed E-state index contributed by atoms with van der Waals surface area (Å²) in [5.74, 6) is -0.185. The number of ether oxygens (including phenoxy) is 1. The molecule has 1 aromatic rings. The first-order valence-corrected chi connectivity index (χ1v) is 4.23. The summed E-state index contributed by atoms with van der Waals surface area (Å²) in [6.07, 6.45) is 0. The fourth-order valence-electron chi connectivity index (χ4n) is 1.22. The van der Waals surface area contributed by atoms with Crippen LogP contribution in [0.4, 0.5) is 0 Å². The highest BCUT2D eigenvalue weighted by Gasteiger charge is 2.15. The lowest BCUT2D eigenvalue weighted by atomic mass is 9.97. The van der Waals surface area contributed by atoms with E-state index in [4.69, 9.17) is 10.00 Å². The lowest BCUT2D eigenvalue weighted by molar-refractivity contribution is -0.117. The smallest absolute Gasteiger partial charge is 0.151 e. The molecule has 0 amide bonds. The molecule has 72 valence electrons. The molecule has 1 aromatic carbocycles. The SMILES string of the molecule is COc1cccc(C(C#N)C(C)=O)c1. The molecule has 0 saturated carbocycles. The molecule has 0 aliphatic rings. The highest BCUT2D eigenvalue weighted by molar-refractivity contribution is 5.86. The Kier molecular flexibility index (Phi) is 3.24. The number of Topliss-reactive ketones (excluding diaryl/α,β-unsaturated/α-hetero) is 1. The van der Waals surface area contributed by atoms with Gasteiger partial charge in [0.15, 0.2) is 5.78 Å². The van der Waals surface area contributed by atoms with E-state index in [1.807, 2.05) is 6.07 Å². The Bertz CT molecular complexity index is 379. The van der Waals surface area contributed by atoms with Gasteiger partial charge in [-0.05, 0) is 24.6 Å². The van der Waals surface area contributed by atoms with Crippen LogP contribution >= 0.6 is 0 Å². The minimum atomic E-state index is -0.690. The Morgan fingerprint density at radius 2 is 2.29 bits per heavy atom. The van der Waals surface area contributed by atoms with Crippen LogP contribution in [0.15, 0.2) is 24.3 Å². The number of ketones is 1. The minimum Gasteiger partial charge on any atom is -0.497 e. The summed E-state index contributed by atoms with van der Waals surface area (Å²) in [5, 5.41) is 8.80. The number of hydrogen-bond acceptors (Lipinski definition) is 3. The van der Waals surface area contributed by atoms with Crippen LogP contribution in [0, 0.1) is 11.3 Å². The largest absolute Gasteiger partial charge is 0.497 e. The maximum Gasteiger partial charge on any atom is 0.151 e. The standard InChI is InChI=1S/C11H11NO2/c1-8(13)11(7-12)9-4-3-5-10(6-9)14-2/h3-6,11H,1-2H3. The van der Waals surface area contributed by atoms with Crippen molar-refractivity contribution >= 4 is 5.78 Å². The second kappa shape index (κ2) is 4.43. The van der Waals surface area contributed by atoms with E-state index >= 15 is 0 Å². The average Bonchev–Trinajstić information content (AvgIpc) is 2.19. The molecule has 0 spiro atoms. The summed E-state index contributed by atoms with van der Waals surface area (Å²) < 4.78 is 5.01. The van der Waals surface area contributed by atoms with E-state index in [-0.39, 0.29) is 5.78 Å². The Hall–Kier alpha value is -1.82. The van der Waals surface area contributed by atoms with Crippen LogP contribution in [-0.2, 0) is 4.79 Å². The quantitative estimate of drug-likeness (QED) is 0.729. The molecular weight excluding hydrogens is 178 g/mol. The number of rotatable bonds is 3. The van der Waals surface area contributed by atoms with Gasteiger partial charge in [-0.25, -0.2) is 0 Å². The molecule has 3 nitrogen and oxygen atoms in total. The Labute approximate surface area is 82.9 Å². The van der Waals surface area contributed by atoms with E-state index in [1.54, 1.807) is 31.4 Å². The molecule has 0 bridgehead atoms. The maximum atomic E-state index is 11.1. The third-order valence-corrected chi connectivity index (χ3v) is 1.96. The molecule has 1 atom stereocenters. The van der Waals surface area contributed by atoms with E-state index in [0.717, 1.165) is 0 Å². The monoisotopic (exact) mass is 189 g/mol. The van der Waals surface area contributed by atoms with Crippen molar-refractivity contribution in [2.45, 2.75) is 12.8 Å². The lowest BCUT2D eigenvalue weighted by Crippen LogP contribution is -2.06. The van der Waals surface area contributed by atoms with Gasteiger partial charge >= 0.3 is 0 Å². The molecule has 0 saturated heterocycles. The molecule has 0 N–H and O–H groups in total. The molecular formula is C11H11NO2. The summed E-state index contributed by atoms with van der Waals surface area (Å²) in [6.45, 7) is 1.41. The molecule has 1 unspecified atom stereocenters. The van der Waals surface area contributed by atoms with Crippen molar-refractivity contribution in [3.05, 3.63) is 29.8 Å². The first-order valence-electron chi connectivity index (χ1n) is 4.23. The molecule has 0 radical (unpaired) electrons. The molecule has 0 aromatic heterocycles. The van der Waals surface area contributed by atoms with Crippen LogP contribution in [0.2, 0.25) is 0 Å². The van der Waals surface area contributed by atoms with Gasteiger partial charge in [0.05, 0.1) is 13.2 Å². The zero-order valence-corrected chi connectivity index (χ0v) is 8.15. The molecule has 0 fully saturated rings. The van der Waals surface area contributed by atoms with E-state index in [1.165, 1.54) is 6.92 Å². The molecule has 3 heteroatoms. The summed E-state index contributed by atoms with van der Waals surface area (Å²) in [7, 11) is 1.55. The number of carbonyl (C=O) groups excluding carboxylic acids is 1. The van der Waals surface area contributed by atoms with Gasteiger partial charge in [0.1, 0.15) is 11.7 Å². The zero-order valence-electron chi connectivity index (χ0n) is 8.15. The third kappa shape index (κ3) is 2.11. The molecule has 0 aliphatic carbocycles. The van der Waals surface area contributed by atoms with Gasteiger partial charge in [0.2, 0.25) is 0 Å². The van der Waals surface area contributed by atoms with Crippen LogP contribution in [0.1, 0.15) is 18.4 Å². The van der Waals surface area contributed by atoms with E-state index in [9.17, 15) is 4.79 Å². The topological polar surface area (TPSA) is 50.1 Å². The summed E-state index contributed by atoms with van der Waals surface area (Å²) >= 11 is 0. The van der Waals surface area contributed by atoms with E-state index < -0.39 is 5.92 Å². The van der Waals surface area contributed by atoms with E-state index in [2.05, 4.69) is 0 Å². The van der Waals surface area contributed by atoms with Crippen molar-refractivity contribution in [3.63, 3.8) is 0 Å². The first kappa shape index (κ1) is 10.3. The van der Waals surface area contributed by atoms with Crippen LogP contribution < -0.4 is 4.74 Å². The number of hydrogen-bond donors (Lipinski definition) is 0. The lowest BCUT2D eigenvalue weighted by Gasteiger charge is -2.06. The second-order valence-corrected chi connectivity index (χ2v) is 2.95. The summed E-state index contributed by atoms with van der Waals surface area (Å²) in [4.78, 5) is 11.1. The normalized spacial score (nSPS) is 11.5. The van der Waals surface area contributed by atoms with Gasteiger partial charge < -0.3 is 4.74 Å². The number of benzene rings is 1. The summed E-state index contributed by atoms with van der Waals surface area (Å²) in [6, 6.07) is 8.96. The average molecular weight is 189 g/mol. The fourth-order valence-corrected chi connectivity index (χ4v) is 1.22. The van der Waals surface area contributed by atoms with Crippen molar-refractivity contribution < 1.29 is 9.53 Å². The summed E-state index contributed by atoms with van der Waals surface area (Å²) in [5.41, 5.74) is 0.680. The van der Waals surface area contributed by atoms with Crippen molar-refractivity contribution in [1.82, 2.24) is 0 Å². The number of nitrogens with zero attached hydrogens (tertiary/aromatic N) is 1. The predicted octanol–water partition coefficient (Wildman–Crippen LogP) is 1.89. The zero-order chi connectivity index (χ0) is 10.6. The van der Waals surface area contributed by atoms with Crippen LogP contribution in [0.3, 0.4) is 0 Å². The van der Waals surface area contributed by atoms with E-state index in [0.29, 0.717) is 11.3 Å². The van der Waals surface area contributed by atoms with Crippen molar-refractivity contribution in [2.24, 2.45) is 0 Å². The predicted molar refractivity (Wildman–Crippen MR) is 52.0 cm³/mol. The molecule has 0 heterocycles. The second-order valence-electron chi connectivity index (χ2n) is 2.95. The van der Waals surface area contributed by atoms with Crippen molar-refractivity contribution in [3.8, 4) is 11.8 Å². The van der Waals surface area contributed by atoms with Crippen LogP contribution in [-0.4, -0.2) is 12.9 Å². The van der Waals surface area contributed by atoms with Gasteiger partial charge in [0, 0.05) is 0 Å². The minimum absolute atomic E-state index is 0.152. The fraction of sp³-hybridized carbons (Fsp3) is 0.273. The Balaban J connectivity index is 3.06. The highest BCUT2D eigenvalue weighted by Crippen LogP contribution is 2.20. The molecule has 14 heavy (non-hydrogen) atoms. The van der Waals surface area contributed by atoms with Gasteiger partial charge in [-0.2, -0.15) is 5.26 Å². The van der Waals surface area contributed by atoms with Gasteiger partial charge in [-0.15, -0.1) is 0 Å².